The molecule has 0 saturated carbocycles. The fraction of sp³-hybridized carbons (Fsp3) is 0.190. The topological polar surface area (TPSA) is 91.0 Å². The summed E-state index contributed by atoms with van der Waals surface area (Å²) in [6.07, 6.45) is 1.65. The van der Waals surface area contributed by atoms with Gasteiger partial charge in [0.25, 0.3) is 5.56 Å². The molecule has 0 bridgehead atoms. The first-order valence-corrected chi connectivity index (χ1v) is 9.83. The third-order valence-electron chi connectivity index (χ3n) is 4.93. The molecule has 1 aromatic carbocycles. The normalized spacial score (nSPS) is 13.6. The van der Waals surface area contributed by atoms with Crippen LogP contribution in [0.3, 0.4) is 0 Å². The Balaban J connectivity index is 2.03. The average Bonchev–Trinajstić information content (AvgIpc) is 2.73. The minimum Gasteiger partial charge on any atom is -0.289 e. The Morgan fingerprint density at radius 2 is 1.66 bits per heavy atom. The number of thioether (sulfide) groups is 1. The maximum absolute atomic E-state index is 13.3. The van der Waals surface area contributed by atoms with Crippen LogP contribution in [0, 0.1) is 0 Å². The van der Waals surface area contributed by atoms with Crippen LogP contribution in [0.25, 0.3) is 11.0 Å². The number of carbonyl (C=O) groups is 2. The number of hydrogen-bond donors (Lipinski definition) is 0. The Hall–Kier alpha value is -3.26. The minimum atomic E-state index is -0.636. The van der Waals surface area contributed by atoms with Crippen LogP contribution in [-0.2, 0) is 20.5 Å². The lowest BCUT2D eigenvalue weighted by Crippen LogP contribution is -2.39. The highest BCUT2D eigenvalue weighted by atomic mass is 32.2. The summed E-state index contributed by atoms with van der Waals surface area (Å²) in [7, 11) is 2.83. The molecule has 3 aromatic rings. The van der Waals surface area contributed by atoms with Gasteiger partial charge in [0.1, 0.15) is 5.65 Å². The van der Waals surface area contributed by atoms with Gasteiger partial charge in [-0.05, 0) is 18.6 Å². The van der Waals surface area contributed by atoms with E-state index < -0.39 is 17.0 Å². The van der Waals surface area contributed by atoms with E-state index in [9.17, 15) is 19.2 Å². The van der Waals surface area contributed by atoms with E-state index >= 15 is 0 Å². The number of Topliss-reactive ketones (excluding diaryl/α,β-unsaturated/α-hetero) is 1. The zero-order chi connectivity index (χ0) is 20.9. The fourth-order valence-corrected chi connectivity index (χ4v) is 4.36. The van der Waals surface area contributed by atoms with Crippen LogP contribution in [0.2, 0.25) is 0 Å². The zero-order valence-corrected chi connectivity index (χ0v) is 16.9. The van der Waals surface area contributed by atoms with Crippen molar-refractivity contribution >= 4 is 34.4 Å². The summed E-state index contributed by atoms with van der Waals surface area (Å²) in [5, 5.41) is 0.000149. The molecule has 29 heavy (non-hydrogen) atoms. The van der Waals surface area contributed by atoms with Crippen molar-refractivity contribution in [3.8, 4) is 0 Å². The highest BCUT2D eigenvalue weighted by molar-refractivity contribution is 8.04. The van der Waals surface area contributed by atoms with Gasteiger partial charge in [-0.15, -0.1) is 0 Å². The molecule has 0 unspecified atom stereocenters. The van der Waals surface area contributed by atoms with Crippen molar-refractivity contribution in [2.24, 2.45) is 14.1 Å². The molecular weight excluding hydrogens is 390 g/mol. The number of carbonyl (C=O) groups excluding carboxylic acids is 2. The number of allylic oxidation sites excluding steroid dienone is 2. The van der Waals surface area contributed by atoms with E-state index in [-0.39, 0.29) is 32.8 Å². The number of aryl methyl sites for hydroxylation is 2. The Morgan fingerprint density at radius 1 is 0.966 bits per heavy atom. The second-order valence-corrected chi connectivity index (χ2v) is 7.80. The fourth-order valence-electron chi connectivity index (χ4n) is 3.45. The maximum atomic E-state index is 13.3. The summed E-state index contributed by atoms with van der Waals surface area (Å²) in [6.45, 7) is 1.81. The Bertz CT molecular complexity index is 1350. The number of pyridine rings is 1. The molecule has 0 fully saturated rings. The van der Waals surface area contributed by atoms with Crippen LogP contribution < -0.4 is 11.2 Å². The maximum Gasteiger partial charge on any atom is 0.332 e. The quantitative estimate of drug-likeness (QED) is 0.661. The van der Waals surface area contributed by atoms with Crippen LogP contribution >= 0.6 is 11.8 Å². The smallest absolute Gasteiger partial charge is 0.289 e. The van der Waals surface area contributed by atoms with E-state index in [1.54, 1.807) is 0 Å². The molecule has 7 nitrogen and oxygen atoms in total. The number of aromatic nitrogens is 3. The van der Waals surface area contributed by atoms with Crippen molar-refractivity contribution in [3.05, 3.63) is 79.0 Å². The second-order valence-electron chi connectivity index (χ2n) is 6.68. The molecule has 1 aliphatic rings. The van der Waals surface area contributed by atoms with Crippen molar-refractivity contribution in [3.63, 3.8) is 0 Å². The summed E-state index contributed by atoms with van der Waals surface area (Å²) in [4.78, 5) is 57.0. The lowest BCUT2D eigenvalue weighted by Gasteiger charge is -2.20. The summed E-state index contributed by atoms with van der Waals surface area (Å²) in [6, 6.07) is 9.27. The number of rotatable bonds is 3. The molecule has 0 atom stereocenters. The molecule has 2 aromatic heterocycles. The first-order valence-electron chi connectivity index (χ1n) is 9.01. The van der Waals surface area contributed by atoms with E-state index in [4.69, 9.17) is 0 Å². The molecule has 1 aliphatic carbocycles. The number of fused-ring (bicyclic) bond motifs is 3. The highest BCUT2D eigenvalue weighted by Gasteiger charge is 2.33. The lowest BCUT2D eigenvalue weighted by molar-refractivity contribution is 0.0991. The molecule has 0 saturated heterocycles. The van der Waals surface area contributed by atoms with Crippen LogP contribution in [0.15, 0.2) is 55.8 Å². The average molecular weight is 407 g/mol. The van der Waals surface area contributed by atoms with E-state index in [0.717, 1.165) is 9.46 Å². The molecule has 0 spiro atoms. The SMILES string of the molecule is CCc1nc2c(c3c1C(=O)C(Sc1ccccc1)=CC3=O)c(=O)n(C)c(=O)n2C. The van der Waals surface area contributed by atoms with Crippen molar-refractivity contribution in [1.82, 2.24) is 14.1 Å². The molecular formula is C21H17N3O4S. The predicted molar refractivity (Wildman–Crippen MR) is 111 cm³/mol. The molecule has 2 heterocycles. The third kappa shape index (κ3) is 2.87. The van der Waals surface area contributed by atoms with Gasteiger partial charge < -0.3 is 0 Å². The van der Waals surface area contributed by atoms with Crippen molar-refractivity contribution < 1.29 is 9.59 Å². The van der Waals surface area contributed by atoms with Gasteiger partial charge in [-0.2, -0.15) is 0 Å². The van der Waals surface area contributed by atoms with Gasteiger partial charge in [-0.1, -0.05) is 36.9 Å². The van der Waals surface area contributed by atoms with Gasteiger partial charge in [0.2, 0.25) is 5.78 Å². The van der Waals surface area contributed by atoms with Crippen molar-refractivity contribution in [2.45, 2.75) is 18.2 Å². The van der Waals surface area contributed by atoms with Crippen molar-refractivity contribution in [1.29, 1.82) is 0 Å². The summed E-state index contributed by atoms with van der Waals surface area (Å²) < 4.78 is 2.15. The summed E-state index contributed by atoms with van der Waals surface area (Å²) >= 11 is 1.20. The van der Waals surface area contributed by atoms with Crippen LogP contribution in [0.5, 0.6) is 0 Å². The highest BCUT2D eigenvalue weighted by Crippen LogP contribution is 2.36. The van der Waals surface area contributed by atoms with Crippen LogP contribution in [0.1, 0.15) is 33.3 Å². The molecule has 146 valence electrons. The molecule has 0 N–H and O–H groups in total. The Kier molecular flexibility index (Phi) is 4.58. The minimum absolute atomic E-state index is 0.000149. The van der Waals surface area contributed by atoms with Gasteiger partial charge in [0, 0.05) is 25.1 Å². The monoisotopic (exact) mass is 407 g/mol. The van der Waals surface area contributed by atoms with Gasteiger partial charge in [-0.3, -0.25) is 23.5 Å². The van der Waals surface area contributed by atoms with Gasteiger partial charge >= 0.3 is 5.69 Å². The molecule has 8 heteroatoms. The lowest BCUT2D eigenvalue weighted by atomic mass is 9.90. The number of hydrogen-bond acceptors (Lipinski definition) is 6. The number of ketones is 2. The van der Waals surface area contributed by atoms with E-state index in [1.165, 1.54) is 36.5 Å². The van der Waals surface area contributed by atoms with Gasteiger partial charge in [-0.25, -0.2) is 9.78 Å². The first-order chi connectivity index (χ1) is 13.8. The third-order valence-corrected chi connectivity index (χ3v) is 5.96. The standard InChI is InChI=1S/C21H17N3O4S/c1-4-12-15-16(17-19(22-12)23(2)21(28)24(3)20(17)27)13(25)10-14(18(15)26)29-11-8-6-5-7-9-11/h5-10H,4H2,1-3H3. The Labute approximate surface area is 169 Å². The summed E-state index contributed by atoms with van der Waals surface area (Å²) in [5.74, 6) is -0.772. The van der Waals surface area contributed by atoms with Crippen molar-refractivity contribution in [2.75, 3.05) is 0 Å². The summed E-state index contributed by atoms with van der Waals surface area (Å²) in [5.41, 5.74) is -0.478. The number of benzene rings is 1. The second kappa shape index (κ2) is 6.97. The molecule has 4 rings (SSSR count). The predicted octanol–water partition coefficient (Wildman–Crippen LogP) is 2.25. The molecule has 0 amide bonds. The molecule has 0 radical (unpaired) electrons. The largest absolute Gasteiger partial charge is 0.332 e. The number of nitrogens with zero attached hydrogens (tertiary/aromatic N) is 3. The first kappa shape index (κ1) is 19.1. The Morgan fingerprint density at radius 3 is 2.31 bits per heavy atom. The van der Waals surface area contributed by atoms with Gasteiger partial charge in [0.15, 0.2) is 5.78 Å². The van der Waals surface area contributed by atoms with E-state index in [0.29, 0.717) is 12.1 Å². The molecule has 0 aliphatic heterocycles. The van der Waals surface area contributed by atoms with Gasteiger partial charge in [0.05, 0.1) is 27.1 Å². The van der Waals surface area contributed by atoms with E-state index in [2.05, 4.69) is 4.98 Å². The zero-order valence-electron chi connectivity index (χ0n) is 16.1. The van der Waals surface area contributed by atoms with Crippen LogP contribution in [-0.4, -0.2) is 25.7 Å². The van der Waals surface area contributed by atoms with E-state index in [1.807, 2.05) is 37.3 Å². The van der Waals surface area contributed by atoms with Crippen LogP contribution in [0.4, 0.5) is 0 Å².